The Labute approximate surface area is 119 Å². The summed E-state index contributed by atoms with van der Waals surface area (Å²) < 4.78 is 7.45. The summed E-state index contributed by atoms with van der Waals surface area (Å²) in [6.07, 6.45) is 0. The van der Waals surface area contributed by atoms with Gasteiger partial charge in [0.05, 0.1) is 15.7 Å². The van der Waals surface area contributed by atoms with Gasteiger partial charge in [0.1, 0.15) is 6.61 Å². The van der Waals surface area contributed by atoms with Crippen molar-refractivity contribution < 1.29 is 9.53 Å². The number of nitrogen functional groups attached to an aromatic ring is 1. The highest BCUT2D eigenvalue weighted by Gasteiger charge is 2.20. The number of aryl methyl sites for hydroxylation is 2. The van der Waals surface area contributed by atoms with Crippen molar-refractivity contribution in [3.63, 3.8) is 0 Å². The molecule has 7 heteroatoms. The number of thiophene rings is 1. The lowest BCUT2D eigenvalue weighted by atomic mass is 10.3. The minimum atomic E-state index is -0.468. The number of hydrogen-bond acceptors (Lipinski definition) is 5. The van der Waals surface area contributed by atoms with Crippen molar-refractivity contribution in [1.82, 2.24) is 9.78 Å². The summed E-state index contributed by atoms with van der Waals surface area (Å²) in [7, 11) is 0. The summed E-state index contributed by atoms with van der Waals surface area (Å²) in [6, 6.07) is 3.59. The number of ether oxygens (including phenoxy) is 1. The van der Waals surface area contributed by atoms with Gasteiger partial charge in [-0.2, -0.15) is 5.10 Å². The van der Waals surface area contributed by atoms with Crippen LogP contribution in [-0.4, -0.2) is 15.7 Å². The largest absolute Gasteiger partial charge is 0.455 e. The van der Waals surface area contributed by atoms with Crippen LogP contribution in [0.3, 0.4) is 0 Å². The molecule has 0 aromatic carbocycles. The van der Waals surface area contributed by atoms with Gasteiger partial charge in [0, 0.05) is 11.4 Å². The Hall–Kier alpha value is -1.53. The monoisotopic (exact) mass is 299 g/mol. The van der Waals surface area contributed by atoms with E-state index < -0.39 is 5.97 Å². The molecule has 19 heavy (non-hydrogen) atoms. The zero-order chi connectivity index (χ0) is 14.0. The van der Waals surface area contributed by atoms with Gasteiger partial charge in [0.25, 0.3) is 0 Å². The zero-order valence-electron chi connectivity index (χ0n) is 10.6. The maximum atomic E-state index is 12.0. The Balaban J connectivity index is 2.12. The molecule has 102 valence electrons. The highest BCUT2D eigenvalue weighted by atomic mass is 35.5. The summed E-state index contributed by atoms with van der Waals surface area (Å²) in [6.45, 7) is 4.40. The van der Waals surface area contributed by atoms with Gasteiger partial charge >= 0.3 is 5.97 Å². The minimum absolute atomic E-state index is 0.184. The average Bonchev–Trinajstić information content (AvgIpc) is 2.92. The van der Waals surface area contributed by atoms with Crippen LogP contribution in [-0.2, 0) is 17.9 Å². The van der Waals surface area contributed by atoms with E-state index in [0.717, 1.165) is 4.88 Å². The second-order valence-corrected chi connectivity index (χ2v) is 5.75. The molecule has 0 aliphatic carbocycles. The number of nitrogens with zero attached hydrogens (tertiary/aromatic N) is 2. The molecule has 0 atom stereocenters. The fourth-order valence-electron chi connectivity index (χ4n) is 1.67. The van der Waals surface area contributed by atoms with E-state index in [1.54, 1.807) is 17.7 Å². The second-order valence-electron chi connectivity index (χ2n) is 3.95. The standard InChI is InChI=1S/C12H14ClN3O2S/c1-3-16-11(10(14)7(2)15-16)12(17)18-6-8-4-5-9(13)19-8/h4-5H,3,6,14H2,1-2H3. The molecule has 0 amide bonds. The summed E-state index contributed by atoms with van der Waals surface area (Å²) in [4.78, 5) is 12.9. The number of anilines is 1. The molecule has 2 heterocycles. The number of halogens is 1. The number of hydrogen-bond donors (Lipinski definition) is 1. The minimum Gasteiger partial charge on any atom is -0.455 e. The average molecular weight is 300 g/mol. The first-order valence-electron chi connectivity index (χ1n) is 5.77. The maximum absolute atomic E-state index is 12.0. The van der Waals surface area contributed by atoms with Crippen LogP contribution in [0.1, 0.15) is 28.0 Å². The van der Waals surface area contributed by atoms with Crippen molar-refractivity contribution in [2.45, 2.75) is 27.0 Å². The van der Waals surface area contributed by atoms with Crippen molar-refractivity contribution in [2.24, 2.45) is 0 Å². The van der Waals surface area contributed by atoms with Crippen LogP contribution in [0.2, 0.25) is 4.34 Å². The van der Waals surface area contributed by atoms with Gasteiger partial charge in [-0.25, -0.2) is 4.79 Å². The molecule has 5 nitrogen and oxygen atoms in total. The van der Waals surface area contributed by atoms with Crippen LogP contribution in [0, 0.1) is 6.92 Å². The van der Waals surface area contributed by atoms with Crippen LogP contribution in [0.4, 0.5) is 5.69 Å². The van der Waals surface area contributed by atoms with Gasteiger partial charge in [0.2, 0.25) is 0 Å². The normalized spacial score (nSPS) is 10.7. The summed E-state index contributed by atoms with van der Waals surface area (Å²) in [5.41, 5.74) is 7.16. The SMILES string of the molecule is CCn1nc(C)c(N)c1C(=O)OCc1ccc(Cl)s1. The van der Waals surface area contributed by atoms with Crippen molar-refractivity contribution in [1.29, 1.82) is 0 Å². The van der Waals surface area contributed by atoms with Gasteiger partial charge in [-0.15, -0.1) is 11.3 Å². The second kappa shape index (κ2) is 5.63. The number of aromatic nitrogens is 2. The van der Waals surface area contributed by atoms with Crippen molar-refractivity contribution in [3.8, 4) is 0 Å². The molecule has 0 spiro atoms. The van der Waals surface area contributed by atoms with Crippen LogP contribution in [0.15, 0.2) is 12.1 Å². The molecular formula is C12H14ClN3O2S. The van der Waals surface area contributed by atoms with E-state index in [2.05, 4.69) is 5.10 Å². The number of esters is 1. The van der Waals surface area contributed by atoms with E-state index in [4.69, 9.17) is 22.1 Å². The Bertz CT molecular complexity index is 606. The lowest BCUT2D eigenvalue weighted by Crippen LogP contribution is -2.14. The van der Waals surface area contributed by atoms with Gasteiger partial charge in [-0.3, -0.25) is 4.68 Å². The highest BCUT2D eigenvalue weighted by Crippen LogP contribution is 2.23. The lowest BCUT2D eigenvalue weighted by molar-refractivity contribution is 0.0463. The highest BCUT2D eigenvalue weighted by molar-refractivity contribution is 7.16. The van der Waals surface area contributed by atoms with Gasteiger partial charge in [0.15, 0.2) is 5.69 Å². The van der Waals surface area contributed by atoms with E-state index in [0.29, 0.717) is 28.0 Å². The van der Waals surface area contributed by atoms with Crippen molar-refractivity contribution in [2.75, 3.05) is 5.73 Å². The smallest absolute Gasteiger partial charge is 0.359 e. The predicted molar refractivity (Wildman–Crippen MR) is 75.5 cm³/mol. The maximum Gasteiger partial charge on any atom is 0.359 e. The van der Waals surface area contributed by atoms with E-state index in [1.807, 2.05) is 13.0 Å². The van der Waals surface area contributed by atoms with E-state index in [9.17, 15) is 4.79 Å². The molecule has 0 saturated heterocycles. The fraction of sp³-hybridized carbons (Fsp3) is 0.333. The van der Waals surface area contributed by atoms with Crippen LogP contribution in [0.25, 0.3) is 0 Å². The first-order valence-corrected chi connectivity index (χ1v) is 6.96. The topological polar surface area (TPSA) is 70.1 Å². The van der Waals surface area contributed by atoms with E-state index in [1.165, 1.54) is 11.3 Å². The first kappa shape index (κ1) is 13.9. The fourth-order valence-corrected chi connectivity index (χ4v) is 2.67. The lowest BCUT2D eigenvalue weighted by Gasteiger charge is -2.06. The summed E-state index contributed by atoms with van der Waals surface area (Å²) in [5, 5.41) is 4.18. The molecule has 2 N–H and O–H groups in total. The molecule has 2 aromatic heterocycles. The van der Waals surface area contributed by atoms with Crippen LogP contribution < -0.4 is 5.73 Å². The summed E-state index contributed by atoms with van der Waals surface area (Å²) in [5.74, 6) is -0.468. The van der Waals surface area contributed by atoms with Gasteiger partial charge in [-0.1, -0.05) is 11.6 Å². The quantitative estimate of drug-likeness (QED) is 0.881. The third-order valence-corrected chi connectivity index (χ3v) is 3.85. The first-order chi connectivity index (χ1) is 9.02. The zero-order valence-corrected chi connectivity index (χ0v) is 12.2. The number of carbonyl (C=O) groups excluding carboxylic acids is 1. The Morgan fingerprint density at radius 2 is 2.32 bits per heavy atom. The summed E-state index contributed by atoms with van der Waals surface area (Å²) >= 11 is 7.19. The van der Waals surface area contributed by atoms with E-state index in [-0.39, 0.29) is 6.61 Å². The molecule has 0 aliphatic heterocycles. The third-order valence-electron chi connectivity index (χ3n) is 2.64. The van der Waals surface area contributed by atoms with Crippen molar-refractivity contribution in [3.05, 3.63) is 32.7 Å². The van der Waals surface area contributed by atoms with Crippen molar-refractivity contribution >= 4 is 34.6 Å². The van der Waals surface area contributed by atoms with Gasteiger partial charge < -0.3 is 10.5 Å². The van der Waals surface area contributed by atoms with Crippen LogP contribution in [0.5, 0.6) is 0 Å². The number of rotatable bonds is 4. The number of carbonyl (C=O) groups is 1. The molecule has 0 aliphatic rings. The number of nitrogens with two attached hydrogens (primary N) is 1. The molecule has 0 bridgehead atoms. The molecule has 0 radical (unpaired) electrons. The molecular weight excluding hydrogens is 286 g/mol. The molecule has 0 fully saturated rings. The van der Waals surface area contributed by atoms with Crippen LogP contribution >= 0.6 is 22.9 Å². The Morgan fingerprint density at radius 1 is 1.58 bits per heavy atom. The van der Waals surface area contributed by atoms with Gasteiger partial charge in [-0.05, 0) is 26.0 Å². The molecule has 2 rings (SSSR count). The van der Waals surface area contributed by atoms with E-state index >= 15 is 0 Å². The Kier molecular flexibility index (Phi) is 4.11. The molecule has 2 aromatic rings. The Morgan fingerprint density at radius 3 is 2.89 bits per heavy atom. The molecule has 0 saturated carbocycles. The third kappa shape index (κ3) is 2.90. The predicted octanol–water partition coefficient (Wildman–Crippen LogP) is 2.87. The molecule has 0 unspecified atom stereocenters.